The molecule has 0 radical (unpaired) electrons. The van der Waals surface area contributed by atoms with Gasteiger partial charge in [-0.25, -0.2) is 0 Å². The monoisotopic (exact) mass is 489 g/mol. The lowest BCUT2D eigenvalue weighted by molar-refractivity contribution is -0.144. The summed E-state index contributed by atoms with van der Waals surface area (Å²) in [5.41, 5.74) is 9.79. The maximum Gasteiger partial charge on any atom is 0.241 e. The molecule has 2 aliphatic heterocycles. The molecule has 2 amide bonds. The largest absolute Gasteiger partial charge is 0.340 e. The Morgan fingerprint density at radius 2 is 1.76 bits per heavy atom. The fourth-order valence-corrected chi connectivity index (χ4v) is 5.90. The summed E-state index contributed by atoms with van der Waals surface area (Å²) < 4.78 is 0. The van der Waals surface area contributed by atoms with Gasteiger partial charge in [0.15, 0.2) is 0 Å². The molecule has 7 nitrogen and oxygen atoms in total. The highest BCUT2D eigenvalue weighted by atomic mass is 16.2. The first kappa shape index (κ1) is 22.1. The number of carbonyl (C=O) groups is 2. The summed E-state index contributed by atoms with van der Waals surface area (Å²) in [5, 5.41) is 2.11. The number of anilines is 1. The van der Waals surface area contributed by atoms with Gasteiger partial charge in [-0.1, -0.05) is 48.5 Å². The number of benzene rings is 2. The second-order valence-electron chi connectivity index (χ2n) is 10.7. The van der Waals surface area contributed by atoms with Crippen LogP contribution < -0.4 is 10.6 Å². The molecule has 1 aliphatic carbocycles. The van der Waals surface area contributed by atoms with Gasteiger partial charge in [-0.05, 0) is 35.9 Å². The number of amides is 2. The summed E-state index contributed by atoms with van der Waals surface area (Å²) in [6, 6.07) is 20.0. The Morgan fingerprint density at radius 1 is 0.973 bits per heavy atom. The van der Waals surface area contributed by atoms with Gasteiger partial charge in [0.1, 0.15) is 5.41 Å². The zero-order valence-electron chi connectivity index (χ0n) is 20.4. The number of rotatable bonds is 5. The number of carbonyl (C=O) groups excluding carboxylic acids is 2. The summed E-state index contributed by atoms with van der Waals surface area (Å²) in [5.74, 6) is 0.0724. The molecule has 4 heterocycles. The predicted octanol–water partition coefficient (Wildman–Crippen LogP) is 3.81. The van der Waals surface area contributed by atoms with Crippen LogP contribution in [0.4, 0.5) is 5.69 Å². The molecule has 0 unspecified atom stereocenters. The van der Waals surface area contributed by atoms with Crippen molar-refractivity contribution in [3.8, 4) is 11.1 Å². The van der Waals surface area contributed by atoms with Gasteiger partial charge in [-0.15, -0.1) is 0 Å². The van der Waals surface area contributed by atoms with Gasteiger partial charge < -0.3 is 15.5 Å². The van der Waals surface area contributed by atoms with E-state index in [4.69, 9.17) is 10.7 Å². The molecule has 1 spiro atoms. The van der Waals surface area contributed by atoms with E-state index in [1.165, 1.54) is 0 Å². The number of para-hydroxylation sites is 1. The Balaban J connectivity index is 1.25. The molecule has 2 N–H and O–H groups in total. The Kier molecular flexibility index (Phi) is 4.75. The lowest BCUT2D eigenvalue weighted by Gasteiger charge is -2.47. The minimum absolute atomic E-state index is 0.0266. The second-order valence-corrected chi connectivity index (χ2v) is 10.7. The van der Waals surface area contributed by atoms with E-state index < -0.39 is 5.41 Å². The van der Waals surface area contributed by atoms with Crippen LogP contribution in [-0.4, -0.2) is 45.3 Å². The average molecular weight is 490 g/mol. The molecule has 2 fully saturated rings. The third kappa shape index (κ3) is 3.45. The van der Waals surface area contributed by atoms with Crippen molar-refractivity contribution in [3.05, 3.63) is 90.5 Å². The fourth-order valence-electron chi connectivity index (χ4n) is 5.90. The quantitative estimate of drug-likeness (QED) is 0.460. The van der Waals surface area contributed by atoms with E-state index in [0.29, 0.717) is 26.1 Å². The van der Waals surface area contributed by atoms with Crippen LogP contribution >= 0.6 is 0 Å². The van der Waals surface area contributed by atoms with Crippen molar-refractivity contribution in [2.45, 2.75) is 36.8 Å². The van der Waals surface area contributed by atoms with Crippen molar-refractivity contribution in [3.63, 3.8) is 0 Å². The number of likely N-dealkylation sites (tertiary alicyclic amines) is 1. The van der Waals surface area contributed by atoms with Crippen LogP contribution in [0.5, 0.6) is 0 Å². The van der Waals surface area contributed by atoms with Crippen LogP contribution in [0.25, 0.3) is 21.9 Å². The van der Waals surface area contributed by atoms with E-state index in [2.05, 4.69) is 11.1 Å². The summed E-state index contributed by atoms with van der Waals surface area (Å²) in [7, 11) is 0. The standard InChI is InChI=1S/C30H27N5O2/c31-29(11-12-29)14-26(36)34-18-30(19-34)23-9-3-4-10-25(23)35(28(30)37)17-24-27(21-7-5-13-32-15-21)22-8-2-1-6-20(22)16-33-24/h1-10,13,15-16H,11-12,14,17-19,31H2. The van der Waals surface area contributed by atoms with Gasteiger partial charge >= 0.3 is 0 Å². The summed E-state index contributed by atoms with van der Waals surface area (Å²) >= 11 is 0. The molecule has 2 aromatic heterocycles. The topological polar surface area (TPSA) is 92.4 Å². The third-order valence-electron chi connectivity index (χ3n) is 8.17. The van der Waals surface area contributed by atoms with Crippen LogP contribution in [0.1, 0.15) is 30.5 Å². The molecule has 7 rings (SSSR count). The molecule has 2 aromatic carbocycles. The number of aromatic nitrogens is 2. The highest BCUT2D eigenvalue weighted by Gasteiger charge is 2.59. The maximum absolute atomic E-state index is 14.1. The Bertz CT molecular complexity index is 1560. The van der Waals surface area contributed by atoms with Gasteiger partial charge in [0.2, 0.25) is 11.8 Å². The Hall–Kier alpha value is -4.10. The molecule has 37 heavy (non-hydrogen) atoms. The van der Waals surface area contributed by atoms with E-state index in [0.717, 1.165) is 51.7 Å². The fraction of sp³-hybridized carbons (Fsp3) is 0.267. The number of fused-ring (bicyclic) bond motifs is 3. The molecule has 0 atom stereocenters. The zero-order valence-corrected chi connectivity index (χ0v) is 20.4. The highest BCUT2D eigenvalue weighted by Crippen LogP contribution is 2.49. The van der Waals surface area contributed by atoms with Crippen LogP contribution in [0.3, 0.4) is 0 Å². The molecule has 1 saturated carbocycles. The number of nitrogens with two attached hydrogens (primary N) is 1. The predicted molar refractivity (Wildman–Crippen MR) is 142 cm³/mol. The smallest absolute Gasteiger partial charge is 0.241 e. The van der Waals surface area contributed by atoms with Gasteiger partial charge in [-0.2, -0.15) is 0 Å². The summed E-state index contributed by atoms with van der Waals surface area (Å²) in [4.78, 5) is 39.7. The Labute approximate surface area is 214 Å². The molecule has 184 valence electrons. The molecule has 4 aromatic rings. The van der Waals surface area contributed by atoms with E-state index in [1.54, 1.807) is 11.1 Å². The second kappa shape index (κ2) is 7.95. The van der Waals surface area contributed by atoms with Gasteiger partial charge in [0.25, 0.3) is 0 Å². The first-order valence-corrected chi connectivity index (χ1v) is 12.7. The Morgan fingerprint density at radius 3 is 2.54 bits per heavy atom. The molecular weight excluding hydrogens is 462 g/mol. The van der Waals surface area contributed by atoms with Crippen molar-refractivity contribution in [2.75, 3.05) is 18.0 Å². The minimum Gasteiger partial charge on any atom is -0.340 e. The summed E-state index contributed by atoms with van der Waals surface area (Å²) in [6.45, 7) is 1.14. The number of hydrogen-bond donors (Lipinski definition) is 1. The van der Waals surface area contributed by atoms with E-state index in [-0.39, 0.29) is 17.4 Å². The zero-order chi connectivity index (χ0) is 25.2. The van der Waals surface area contributed by atoms with Crippen molar-refractivity contribution < 1.29 is 9.59 Å². The van der Waals surface area contributed by atoms with Crippen molar-refractivity contribution in [1.29, 1.82) is 0 Å². The average Bonchev–Trinajstić information content (AvgIpc) is 3.57. The van der Waals surface area contributed by atoms with Crippen molar-refractivity contribution >= 4 is 28.3 Å². The van der Waals surface area contributed by atoms with Crippen molar-refractivity contribution in [1.82, 2.24) is 14.9 Å². The van der Waals surface area contributed by atoms with E-state index >= 15 is 0 Å². The lowest BCUT2D eigenvalue weighted by Crippen LogP contribution is -2.65. The number of nitrogens with zero attached hydrogens (tertiary/aromatic N) is 4. The SMILES string of the molecule is NC1(CC(=O)N2CC3(C2)C(=O)N(Cc2ncc4ccccc4c2-c2cccnc2)c2ccccc23)CC1. The summed E-state index contributed by atoms with van der Waals surface area (Å²) in [6.07, 6.45) is 7.62. The van der Waals surface area contributed by atoms with Crippen LogP contribution in [0.2, 0.25) is 0 Å². The number of hydrogen-bond acceptors (Lipinski definition) is 5. The van der Waals surface area contributed by atoms with E-state index in [9.17, 15) is 9.59 Å². The molecule has 1 saturated heterocycles. The molecule has 3 aliphatic rings. The molecule has 0 bridgehead atoms. The number of pyridine rings is 2. The molecule has 7 heteroatoms. The van der Waals surface area contributed by atoms with Gasteiger partial charge in [0, 0.05) is 65.8 Å². The van der Waals surface area contributed by atoms with Crippen LogP contribution in [0.15, 0.2) is 79.3 Å². The highest BCUT2D eigenvalue weighted by molar-refractivity contribution is 6.10. The normalized spacial score (nSPS) is 18.7. The van der Waals surface area contributed by atoms with Gasteiger partial charge in [0.05, 0.1) is 12.2 Å². The molecular formula is C30H27N5O2. The van der Waals surface area contributed by atoms with Gasteiger partial charge in [-0.3, -0.25) is 19.6 Å². The maximum atomic E-state index is 14.1. The minimum atomic E-state index is -0.705. The van der Waals surface area contributed by atoms with Crippen LogP contribution in [0, 0.1) is 0 Å². The first-order chi connectivity index (χ1) is 18.0. The third-order valence-corrected chi connectivity index (χ3v) is 8.17. The van der Waals surface area contributed by atoms with Crippen molar-refractivity contribution in [2.24, 2.45) is 5.73 Å². The first-order valence-electron chi connectivity index (χ1n) is 12.7. The van der Waals surface area contributed by atoms with E-state index in [1.807, 2.05) is 71.9 Å². The van der Waals surface area contributed by atoms with Crippen LogP contribution in [-0.2, 0) is 21.5 Å². The lowest BCUT2D eigenvalue weighted by atomic mass is 9.74.